The highest BCUT2D eigenvalue weighted by atomic mass is 16.6. The Balaban J connectivity index is 0. The van der Waals surface area contributed by atoms with Gasteiger partial charge in [0.25, 0.3) is 0 Å². The first-order chi connectivity index (χ1) is 23.3. The van der Waals surface area contributed by atoms with E-state index in [9.17, 15) is 0 Å². The zero-order chi connectivity index (χ0) is 34.4. The van der Waals surface area contributed by atoms with E-state index in [1.165, 1.54) is 116 Å². The second kappa shape index (κ2) is 50.0. The van der Waals surface area contributed by atoms with Crippen molar-refractivity contribution in [3.63, 3.8) is 0 Å². The molecule has 0 amide bonds. The molecular formula is C38H80O9. The van der Waals surface area contributed by atoms with Gasteiger partial charge in [0, 0.05) is 13.2 Å². The van der Waals surface area contributed by atoms with Crippen molar-refractivity contribution in [3.8, 4) is 0 Å². The topological polar surface area (TPSA) is 105 Å². The van der Waals surface area contributed by atoms with Crippen molar-refractivity contribution in [1.82, 2.24) is 0 Å². The molecule has 0 aromatic rings. The number of unbranched alkanes of at least 4 members (excludes halogenated alkanes) is 18. The molecule has 0 fully saturated rings. The van der Waals surface area contributed by atoms with Crippen LogP contribution in [0.5, 0.6) is 0 Å². The molecule has 47 heavy (non-hydrogen) atoms. The van der Waals surface area contributed by atoms with Gasteiger partial charge in [-0.15, -0.1) is 0 Å². The van der Waals surface area contributed by atoms with E-state index in [2.05, 4.69) is 13.8 Å². The first-order valence-electron chi connectivity index (χ1n) is 19.6. The molecule has 0 aliphatic rings. The first-order valence-corrected chi connectivity index (χ1v) is 19.6. The van der Waals surface area contributed by atoms with Crippen molar-refractivity contribution >= 4 is 0 Å². The Morgan fingerprint density at radius 1 is 0.234 bits per heavy atom. The molecule has 0 saturated carbocycles. The maximum Gasteiger partial charge on any atom is 0.0701 e. The second-order valence-electron chi connectivity index (χ2n) is 12.1. The lowest BCUT2D eigenvalue weighted by Crippen LogP contribution is -2.12. The number of hydrogen-bond acceptors (Lipinski definition) is 9. The summed E-state index contributed by atoms with van der Waals surface area (Å²) >= 11 is 0. The van der Waals surface area contributed by atoms with Gasteiger partial charge in [0.2, 0.25) is 0 Å². The Morgan fingerprint density at radius 2 is 0.426 bits per heavy atom. The molecule has 0 saturated heterocycles. The quantitative estimate of drug-likeness (QED) is 0.0623. The van der Waals surface area contributed by atoms with E-state index < -0.39 is 0 Å². The Hall–Kier alpha value is -0.360. The second-order valence-corrected chi connectivity index (χ2v) is 12.1. The van der Waals surface area contributed by atoms with Gasteiger partial charge in [-0.1, -0.05) is 129 Å². The van der Waals surface area contributed by atoms with Crippen LogP contribution in [0, 0.1) is 0 Å². The molecule has 0 unspecified atom stereocenters. The SMILES string of the molecule is CCCCCCCCCCCCCCOCCOCCOCCOCCO.CCCCCCCCCCOCCOCCOCCO. The molecule has 0 spiro atoms. The van der Waals surface area contributed by atoms with Crippen LogP contribution < -0.4 is 0 Å². The molecule has 0 bridgehead atoms. The van der Waals surface area contributed by atoms with Crippen LogP contribution >= 0.6 is 0 Å². The highest BCUT2D eigenvalue weighted by Crippen LogP contribution is 2.12. The van der Waals surface area contributed by atoms with Gasteiger partial charge in [-0.05, 0) is 12.8 Å². The summed E-state index contributed by atoms with van der Waals surface area (Å²) in [5.41, 5.74) is 0. The van der Waals surface area contributed by atoms with Gasteiger partial charge in [-0.2, -0.15) is 0 Å². The first kappa shape index (κ1) is 48.8. The minimum atomic E-state index is 0.0579. The average molecular weight is 681 g/mol. The normalized spacial score (nSPS) is 11.2. The summed E-state index contributed by atoms with van der Waals surface area (Å²) in [7, 11) is 0. The molecule has 286 valence electrons. The lowest BCUT2D eigenvalue weighted by atomic mass is 10.1. The third kappa shape index (κ3) is 52.6. The third-order valence-electron chi connectivity index (χ3n) is 7.62. The summed E-state index contributed by atoms with van der Waals surface area (Å²) in [6, 6.07) is 0. The van der Waals surface area contributed by atoms with Crippen LogP contribution in [0.15, 0.2) is 0 Å². The summed E-state index contributed by atoms with van der Waals surface area (Å²) in [5.74, 6) is 0. The van der Waals surface area contributed by atoms with Gasteiger partial charge in [0.1, 0.15) is 0 Å². The van der Waals surface area contributed by atoms with Crippen LogP contribution in [-0.2, 0) is 33.2 Å². The lowest BCUT2D eigenvalue weighted by molar-refractivity contribution is -0.00577. The predicted molar refractivity (Wildman–Crippen MR) is 194 cm³/mol. The maximum atomic E-state index is 8.54. The smallest absolute Gasteiger partial charge is 0.0701 e. The molecule has 9 nitrogen and oxygen atoms in total. The summed E-state index contributed by atoms with van der Waals surface area (Å²) in [5, 5.41) is 17.0. The third-order valence-corrected chi connectivity index (χ3v) is 7.62. The molecule has 9 heteroatoms. The van der Waals surface area contributed by atoms with Crippen molar-refractivity contribution in [1.29, 1.82) is 0 Å². The molecule has 0 aromatic carbocycles. The van der Waals surface area contributed by atoms with E-state index >= 15 is 0 Å². The van der Waals surface area contributed by atoms with E-state index in [-0.39, 0.29) is 13.2 Å². The van der Waals surface area contributed by atoms with Crippen LogP contribution in [0.2, 0.25) is 0 Å². The molecule has 2 N–H and O–H groups in total. The van der Waals surface area contributed by atoms with Crippen molar-refractivity contribution in [2.24, 2.45) is 0 Å². The van der Waals surface area contributed by atoms with Crippen LogP contribution in [0.3, 0.4) is 0 Å². The van der Waals surface area contributed by atoms with Crippen molar-refractivity contribution < 1.29 is 43.4 Å². The van der Waals surface area contributed by atoms with Gasteiger partial charge < -0.3 is 43.4 Å². The molecule has 0 rings (SSSR count). The molecular weight excluding hydrogens is 600 g/mol. The van der Waals surface area contributed by atoms with Crippen LogP contribution in [-0.4, -0.2) is 116 Å². The van der Waals surface area contributed by atoms with E-state index in [0.29, 0.717) is 79.3 Å². The minimum absolute atomic E-state index is 0.0579. The number of rotatable bonds is 41. The number of aliphatic hydroxyl groups is 2. The zero-order valence-electron chi connectivity index (χ0n) is 31.2. The average Bonchev–Trinajstić information content (AvgIpc) is 3.09. The number of ether oxygens (including phenoxy) is 7. The molecule has 0 aliphatic heterocycles. The summed E-state index contributed by atoms with van der Waals surface area (Å²) in [6.45, 7) is 13.0. The summed E-state index contributed by atoms with van der Waals surface area (Å²) in [4.78, 5) is 0. The molecule has 0 aromatic heterocycles. The Bertz CT molecular complexity index is 458. The Labute approximate surface area is 291 Å². The fourth-order valence-electron chi connectivity index (χ4n) is 4.82. The lowest BCUT2D eigenvalue weighted by Gasteiger charge is -2.07. The van der Waals surface area contributed by atoms with E-state index in [0.717, 1.165) is 26.1 Å². The van der Waals surface area contributed by atoms with Gasteiger partial charge >= 0.3 is 0 Å². The van der Waals surface area contributed by atoms with Crippen LogP contribution in [0.25, 0.3) is 0 Å². The molecule has 0 atom stereocenters. The molecule has 0 aliphatic carbocycles. The predicted octanol–water partition coefficient (Wildman–Crippen LogP) is 7.92. The zero-order valence-corrected chi connectivity index (χ0v) is 31.2. The van der Waals surface area contributed by atoms with Crippen molar-refractivity contribution in [2.45, 2.75) is 142 Å². The molecule has 0 radical (unpaired) electrons. The summed E-state index contributed by atoms with van der Waals surface area (Å²) < 4.78 is 37.4. The monoisotopic (exact) mass is 681 g/mol. The Morgan fingerprint density at radius 3 is 0.660 bits per heavy atom. The number of hydrogen-bond donors (Lipinski definition) is 2. The van der Waals surface area contributed by atoms with Gasteiger partial charge in [0.15, 0.2) is 0 Å². The van der Waals surface area contributed by atoms with Crippen molar-refractivity contribution in [2.75, 3.05) is 106 Å². The van der Waals surface area contributed by atoms with Gasteiger partial charge in [0.05, 0.1) is 92.5 Å². The highest BCUT2D eigenvalue weighted by molar-refractivity contribution is 4.49. The van der Waals surface area contributed by atoms with Gasteiger partial charge in [-0.3, -0.25) is 0 Å². The largest absolute Gasteiger partial charge is 0.394 e. The Kier molecular flexibility index (Phi) is 51.9. The summed E-state index contributed by atoms with van der Waals surface area (Å²) in [6.07, 6.45) is 27.1. The standard InChI is InChI=1S/C22H46O5.C16H34O4/c1-2-3-4-5-6-7-8-9-10-11-12-13-15-24-17-19-26-21-22-27-20-18-25-16-14-23;1-2-3-4-5-6-7-8-9-11-18-13-15-20-16-14-19-12-10-17/h23H,2-22H2,1H3;17H,2-16H2,1H3. The van der Waals surface area contributed by atoms with Crippen molar-refractivity contribution in [3.05, 3.63) is 0 Å². The maximum absolute atomic E-state index is 8.54. The molecule has 0 heterocycles. The van der Waals surface area contributed by atoms with E-state index in [1.54, 1.807) is 0 Å². The fraction of sp³-hybridized carbons (Fsp3) is 1.00. The van der Waals surface area contributed by atoms with Gasteiger partial charge in [-0.25, -0.2) is 0 Å². The minimum Gasteiger partial charge on any atom is -0.394 e. The fourth-order valence-corrected chi connectivity index (χ4v) is 4.82. The van der Waals surface area contributed by atoms with Crippen LogP contribution in [0.1, 0.15) is 142 Å². The number of aliphatic hydroxyl groups excluding tert-OH is 2. The van der Waals surface area contributed by atoms with Crippen LogP contribution in [0.4, 0.5) is 0 Å². The highest BCUT2D eigenvalue weighted by Gasteiger charge is 1.96. The van der Waals surface area contributed by atoms with E-state index in [4.69, 9.17) is 43.4 Å². The van der Waals surface area contributed by atoms with E-state index in [1.807, 2.05) is 0 Å².